The lowest BCUT2D eigenvalue weighted by Crippen LogP contribution is -2.37. The summed E-state index contributed by atoms with van der Waals surface area (Å²) in [5.74, 6) is 1.46. The SMILES string of the molecule is CC1CCCN(c2ccc(C(C)NC(=O)C(C)Oc3ccc4c(c3)CCCC4)cc2)C1. The van der Waals surface area contributed by atoms with Crippen molar-refractivity contribution in [3.8, 4) is 5.75 Å². The van der Waals surface area contributed by atoms with E-state index in [0.29, 0.717) is 0 Å². The molecule has 2 aliphatic rings. The van der Waals surface area contributed by atoms with E-state index < -0.39 is 6.10 Å². The van der Waals surface area contributed by atoms with Crippen molar-refractivity contribution in [3.63, 3.8) is 0 Å². The molecule has 1 N–H and O–H groups in total. The molecule has 1 heterocycles. The first kappa shape index (κ1) is 21.7. The number of hydrogen-bond acceptors (Lipinski definition) is 3. The molecule has 1 amide bonds. The van der Waals surface area contributed by atoms with Crippen LogP contribution in [0.2, 0.25) is 0 Å². The minimum absolute atomic E-state index is 0.0589. The van der Waals surface area contributed by atoms with Crippen LogP contribution >= 0.6 is 0 Å². The van der Waals surface area contributed by atoms with Gasteiger partial charge in [-0.2, -0.15) is 0 Å². The molecular weight excluding hydrogens is 384 g/mol. The third-order valence-electron chi connectivity index (χ3n) is 6.78. The molecule has 31 heavy (non-hydrogen) atoms. The first-order valence-corrected chi connectivity index (χ1v) is 11.9. The maximum atomic E-state index is 12.7. The summed E-state index contributed by atoms with van der Waals surface area (Å²) in [5, 5.41) is 3.11. The summed E-state index contributed by atoms with van der Waals surface area (Å²) < 4.78 is 5.97. The Labute approximate surface area is 187 Å². The molecule has 1 aliphatic carbocycles. The van der Waals surface area contributed by atoms with E-state index in [1.54, 1.807) is 0 Å². The van der Waals surface area contributed by atoms with Crippen molar-refractivity contribution < 1.29 is 9.53 Å². The molecule has 2 aromatic rings. The molecule has 0 bridgehead atoms. The van der Waals surface area contributed by atoms with Gasteiger partial charge in [0.05, 0.1) is 6.04 Å². The molecule has 3 atom stereocenters. The monoisotopic (exact) mass is 420 g/mol. The minimum atomic E-state index is -0.529. The van der Waals surface area contributed by atoms with E-state index in [9.17, 15) is 4.79 Å². The first-order chi connectivity index (χ1) is 15.0. The van der Waals surface area contributed by atoms with Crippen LogP contribution in [0.4, 0.5) is 5.69 Å². The van der Waals surface area contributed by atoms with E-state index in [2.05, 4.69) is 53.5 Å². The zero-order valence-electron chi connectivity index (χ0n) is 19.2. The van der Waals surface area contributed by atoms with Gasteiger partial charge >= 0.3 is 0 Å². The molecule has 4 nitrogen and oxygen atoms in total. The van der Waals surface area contributed by atoms with Crippen LogP contribution in [0, 0.1) is 5.92 Å². The second kappa shape index (κ2) is 9.76. The van der Waals surface area contributed by atoms with Crippen molar-refractivity contribution in [1.82, 2.24) is 5.32 Å². The molecule has 0 radical (unpaired) electrons. The maximum Gasteiger partial charge on any atom is 0.261 e. The van der Waals surface area contributed by atoms with Gasteiger partial charge in [0.15, 0.2) is 6.10 Å². The number of carbonyl (C=O) groups is 1. The van der Waals surface area contributed by atoms with Gasteiger partial charge in [0, 0.05) is 18.8 Å². The van der Waals surface area contributed by atoms with Crippen LogP contribution in [0.5, 0.6) is 5.75 Å². The lowest BCUT2D eigenvalue weighted by Gasteiger charge is -2.33. The second-order valence-electron chi connectivity index (χ2n) is 9.41. The predicted molar refractivity (Wildman–Crippen MR) is 127 cm³/mol. The highest BCUT2D eigenvalue weighted by molar-refractivity contribution is 5.81. The number of amides is 1. The van der Waals surface area contributed by atoms with Crippen molar-refractivity contribution in [3.05, 3.63) is 59.2 Å². The smallest absolute Gasteiger partial charge is 0.261 e. The fourth-order valence-corrected chi connectivity index (χ4v) is 4.85. The van der Waals surface area contributed by atoms with Gasteiger partial charge < -0.3 is 15.0 Å². The molecule has 2 aromatic carbocycles. The van der Waals surface area contributed by atoms with E-state index in [1.165, 1.54) is 42.5 Å². The Bertz CT molecular complexity index is 893. The summed E-state index contributed by atoms with van der Waals surface area (Å²) in [5.41, 5.74) is 5.18. The summed E-state index contributed by atoms with van der Waals surface area (Å²) in [4.78, 5) is 15.2. The molecule has 166 valence electrons. The van der Waals surface area contributed by atoms with Gasteiger partial charge in [-0.1, -0.05) is 25.1 Å². The summed E-state index contributed by atoms with van der Waals surface area (Å²) in [6.45, 7) is 8.44. The molecule has 0 aromatic heterocycles. The van der Waals surface area contributed by atoms with Crippen molar-refractivity contribution in [1.29, 1.82) is 0 Å². The Morgan fingerprint density at radius 2 is 1.77 bits per heavy atom. The topological polar surface area (TPSA) is 41.6 Å². The zero-order valence-corrected chi connectivity index (χ0v) is 19.2. The number of fused-ring (bicyclic) bond motifs is 1. The molecule has 0 saturated carbocycles. The predicted octanol–water partition coefficient (Wildman–Crippen LogP) is 5.45. The number of hydrogen-bond donors (Lipinski definition) is 1. The van der Waals surface area contributed by atoms with Crippen molar-refractivity contribution >= 4 is 11.6 Å². The van der Waals surface area contributed by atoms with Gasteiger partial charge in [0.1, 0.15) is 5.75 Å². The number of nitrogens with zero attached hydrogens (tertiary/aromatic N) is 1. The third kappa shape index (κ3) is 5.41. The van der Waals surface area contributed by atoms with Crippen LogP contribution in [0.15, 0.2) is 42.5 Å². The van der Waals surface area contributed by atoms with Crippen LogP contribution < -0.4 is 15.0 Å². The maximum absolute atomic E-state index is 12.7. The number of anilines is 1. The van der Waals surface area contributed by atoms with Gasteiger partial charge in [-0.15, -0.1) is 0 Å². The fraction of sp³-hybridized carbons (Fsp3) is 0.519. The minimum Gasteiger partial charge on any atom is -0.481 e. The van der Waals surface area contributed by atoms with E-state index in [0.717, 1.165) is 43.2 Å². The Morgan fingerprint density at radius 1 is 1.03 bits per heavy atom. The van der Waals surface area contributed by atoms with E-state index in [4.69, 9.17) is 4.74 Å². The van der Waals surface area contributed by atoms with Crippen molar-refractivity contribution in [2.75, 3.05) is 18.0 Å². The summed E-state index contributed by atoms with van der Waals surface area (Å²) in [7, 11) is 0. The van der Waals surface area contributed by atoms with Gasteiger partial charge in [-0.3, -0.25) is 4.79 Å². The quantitative estimate of drug-likeness (QED) is 0.676. The molecule has 1 aliphatic heterocycles. The lowest BCUT2D eigenvalue weighted by atomic mass is 9.92. The molecule has 3 unspecified atom stereocenters. The van der Waals surface area contributed by atoms with Crippen LogP contribution in [0.25, 0.3) is 0 Å². The molecule has 4 rings (SSSR count). The molecule has 0 spiro atoms. The van der Waals surface area contributed by atoms with Gasteiger partial charge in [-0.05, 0) is 99.2 Å². The average Bonchev–Trinajstić information content (AvgIpc) is 2.79. The molecular formula is C27H36N2O2. The van der Waals surface area contributed by atoms with Crippen LogP contribution in [-0.2, 0) is 17.6 Å². The van der Waals surface area contributed by atoms with E-state index in [-0.39, 0.29) is 11.9 Å². The molecule has 4 heteroatoms. The van der Waals surface area contributed by atoms with Gasteiger partial charge in [0.25, 0.3) is 5.91 Å². The highest BCUT2D eigenvalue weighted by Gasteiger charge is 2.20. The number of piperidine rings is 1. The Hall–Kier alpha value is -2.49. The van der Waals surface area contributed by atoms with E-state index >= 15 is 0 Å². The number of rotatable bonds is 6. The Balaban J connectivity index is 1.32. The first-order valence-electron chi connectivity index (χ1n) is 11.9. The normalized spacial score (nSPS) is 20.5. The summed E-state index contributed by atoms with van der Waals surface area (Å²) >= 11 is 0. The standard InChI is InChI=1S/C27H36N2O2/c1-19-7-6-16-29(18-19)25-13-10-22(11-14-25)20(2)28-27(30)21(3)31-26-15-12-23-8-4-5-9-24(23)17-26/h10-15,17,19-21H,4-9,16,18H2,1-3H3,(H,28,30). The zero-order chi connectivity index (χ0) is 21.8. The average molecular weight is 421 g/mol. The molecule has 1 fully saturated rings. The third-order valence-corrected chi connectivity index (χ3v) is 6.78. The molecule has 1 saturated heterocycles. The van der Waals surface area contributed by atoms with E-state index in [1.807, 2.05) is 19.9 Å². The lowest BCUT2D eigenvalue weighted by molar-refractivity contribution is -0.127. The van der Waals surface area contributed by atoms with Gasteiger partial charge in [0.2, 0.25) is 0 Å². The van der Waals surface area contributed by atoms with Crippen molar-refractivity contribution in [2.45, 2.75) is 71.4 Å². The number of nitrogens with one attached hydrogen (secondary N) is 1. The van der Waals surface area contributed by atoms with Crippen LogP contribution in [0.1, 0.15) is 69.2 Å². The largest absolute Gasteiger partial charge is 0.481 e. The number of benzene rings is 2. The summed E-state index contributed by atoms with van der Waals surface area (Å²) in [6, 6.07) is 14.8. The van der Waals surface area contributed by atoms with Crippen molar-refractivity contribution in [2.24, 2.45) is 5.92 Å². The van der Waals surface area contributed by atoms with Crippen LogP contribution in [0.3, 0.4) is 0 Å². The fourth-order valence-electron chi connectivity index (χ4n) is 4.85. The van der Waals surface area contributed by atoms with Crippen LogP contribution in [-0.4, -0.2) is 25.1 Å². The Kier molecular flexibility index (Phi) is 6.84. The Morgan fingerprint density at radius 3 is 2.52 bits per heavy atom. The number of ether oxygens (including phenoxy) is 1. The highest BCUT2D eigenvalue weighted by Crippen LogP contribution is 2.27. The van der Waals surface area contributed by atoms with Gasteiger partial charge in [-0.25, -0.2) is 0 Å². The number of carbonyl (C=O) groups excluding carboxylic acids is 1. The highest BCUT2D eigenvalue weighted by atomic mass is 16.5. The summed E-state index contributed by atoms with van der Waals surface area (Å²) in [6.07, 6.45) is 6.82. The second-order valence-corrected chi connectivity index (χ2v) is 9.41. The number of aryl methyl sites for hydroxylation is 2.